The molecule has 3 N–H and O–H groups in total. The Balaban J connectivity index is 1.40. The predicted octanol–water partition coefficient (Wildman–Crippen LogP) is 2.05. The third-order valence-electron chi connectivity index (χ3n) is 3.09. The van der Waals surface area contributed by atoms with Crippen molar-refractivity contribution in [2.75, 3.05) is 23.7 Å². The molecule has 0 aliphatic heterocycles. The van der Waals surface area contributed by atoms with E-state index >= 15 is 0 Å². The van der Waals surface area contributed by atoms with Gasteiger partial charge in [-0.25, -0.2) is 19.9 Å². The maximum Gasteiger partial charge on any atom is 0.182 e. The number of unbranched alkanes of at least 4 members (excludes halogenated alkanes) is 1. The Kier molecular flexibility index (Phi) is 4.21. The van der Waals surface area contributed by atoms with Gasteiger partial charge in [0.25, 0.3) is 0 Å². The summed E-state index contributed by atoms with van der Waals surface area (Å²) in [6.45, 7) is 1.76. The highest BCUT2D eigenvalue weighted by molar-refractivity contribution is 5.81. The summed E-state index contributed by atoms with van der Waals surface area (Å²) in [5.41, 5.74) is 1.54. The van der Waals surface area contributed by atoms with Gasteiger partial charge < -0.3 is 15.6 Å². The van der Waals surface area contributed by atoms with Crippen molar-refractivity contribution in [2.45, 2.75) is 12.8 Å². The average Bonchev–Trinajstić information content (AvgIpc) is 3.01. The Labute approximate surface area is 122 Å². The molecular formula is C14H17N7. The van der Waals surface area contributed by atoms with Crippen LogP contribution in [0.15, 0.2) is 37.1 Å². The monoisotopic (exact) mass is 283 g/mol. The van der Waals surface area contributed by atoms with Gasteiger partial charge >= 0.3 is 0 Å². The Morgan fingerprint density at radius 1 is 0.952 bits per heavy atom. The highest BCUT2D eigenvalue weighted by Crippen LogP contribution is 2.14. The zero-order chi connectivity index (χ0) is 14.3. The second kappa shape index (κ2) is 6.65. The number of hydrogen-bond donors (Lipinski definition) is 3. The van der Waals surface area contributed by atoms with Crippen molar-refractivity contribution in [1.29, 1.82) is 0 Å². The molecule has 0 unspecified atom stereocenters. The second-order valence-electron chi connectivity index (χ2n) is 4.60. The first-order valence-corrected chi connectivity index (χ1v) is 6.96. The van der Waals surface area contributed by atoms with Gasteiger partial charge in [-0.2, -0.15) is 0 Å². The molecule has 0 spiro atoms. The number of nitrogens with zero attached hydrogens (tertiary/aromatic N) is 4. The van der Waals surface area contributed by atoms with Crippen molar-refractivity contribution in [2.24, 2.45) is 0 Å². The van der Waals surface area contributed by atoms with Gasteiger partial charge in [-0.15, -0.1) is 0 Å². The Bertz CT molecular complexity index is 680. The third kappa shape index (κ3) is 3.44. The zero-order valence-electron chi connectivity index (χ0n) is 11.6. The molecule has 3 aromatic rings. The Morgan fingerprint density at radius 3 is 2.71 bits per heavy atom. The van der Waals surface area contributed by atoms with E-state index in [1.807, 2.05) is 18.2 Å². The zero-order valence-corrected chi connectivity index (χ0v) is 11.6. The molecule has 3 heterocycles. The van der Waals surface area contributed by atoms with Gasteiger partial charge in [-0.3, -0.25) is 0 Å². The van der Waals surface area contributed by atoms with Crippen LogP contribution < -0.4 is 10.6 Å². The van der Waals surface area contributed by atoms with Crippen LogP contribution in [0.2, 0.25) is 0 Å². The summed E-state index contributed by atoms with van der Waals surface area (Å²) >= 11 is 0. The number of anilines is 2. The SMILES string of the molecule is c1ccc(NCCCCNc2ncnc3nc[nH]c23)nc1. The van der Waals surface area contributed by atoms with Crippen LogP contribution in [0.4, 0.5) is 11.6 Å². The molecule has 7 nitrogen and oxygen atoms in total. The first-order chi connectivity index (χ1) is 10.4. The highest BCUT2D eigenvalue weighted by atomic mass is 15.1. The molecule has 21 heavy (non-hydrogen) atoms. The molecule has 108 valence electrons. The molecular weight excluding hydrogens is 266 g/mol. The molecule has 0 radical (unpaired) electrons. The van der Waals surface area contributed by atoms with E-state index in [2.05, 4.69) is 35.6 Å². The van der Waals surface area contributed by atoms with Crippen LogP contribution in [0.25, 0.3) is 11.2 Å². The van der Waals surface area contributed by atoms with Gasteiger partial charge in [-0.1, -0.05) is 6.07 Å². The van der Waals surface area contributed by atoms with Gasteiger partial charge in [-0.05, 0) is 25.0 Å². The lowest BCUT2D eigenvalue weighted by Gasteiger charge is -2.07. The quantitative estimate of drug-likeness (QED) is 0.575. The Hall–Kier alpha value is -2.70. The van der Waals surface area contributed by atoms with Gasteiger partial charge in [0, 0.05) is 19.3 Å². The number of imidazole rings is 1. The fourth-order valence-corrected chi connectivity index (χ4v) is 2.04. The lowest BCUT2D eigenvalue weighted by Crippen LogP contribution is -2.08. The highest BCUT2D eigenvalue weighted by Gasteiger charge is 2.04. The van der Waals surface area contributed by atoms with E-state index in [4.69, 9.17) is 0 Å². The smallest absolute Gasteiger partial charge is 0.182 e. The van der Waals surface area contributed by atoms with Crippen molar-refractivity contribution in [1.82, 2.24) is 24.9 Å². The number of aromatic amines is 1. The molecule has 0 amide bonds. The number of hydrogen-bond acceptors (Lipinski definition) is 6. The lowest BCUT2D eigenvalue weighted by molar-refractivity contribution is 0.791. The normalized spacial score (nSPS) is 10.7. The largest absolute Gasteiger partial charge is 0.370 e. The molecule has 0 saturated carbocycles. The molecule has 7 heteroatoms. The van der Waals surface area contributed by atoms with Crippen LogP contribution in [-0.4, -0.2) is 38.0 Å². The van der Waals surface area contributed by atoms with Crippen molar-refractivity contribution in [3.05, 3.63) is 37.1 Å². The van der Waals surface area contributed by atoms with Crippen LogP contribution in [0.1, 0.15) is 12.8 Å². The van der Waals surface area contributed by atoms with Gasteiger partial charge in [0.15, 0.2) is 11.5 Å². The first-order valence-electron chi connectivity index (χ1n) is 6.96. The fraction of sp³-hybridized carbons (Fsp3) is 0.286. The fourth-order valence-electron chi connectivity index (χ4n) is 2.04. The minimum atomic E-state index is 0.685. The van der Waals surface area contributed by atoms with E-state index in [1.165, 1.54) is 6.33 Å². The summed E-state index contributed by atoms with van der Waals surface area (Å²) in [5.74, 6) is 1.72. The lowest BCUT2D eigenvalue weighted by atomic mass is 10.3. The van der Waals surface area contributed by atoms with Crippen LogP contribution in [0.3, 0.4) is 0 Å². The van der Waals surface area contributed by atoms with E-state index in [1.54, 1.807) is 12.5 Å². The molecule has 0 bridgehead atoms. The standard InChI is InChI=1S/C14H17N7/c1-2-6-15-11(5-1)16-7-3-4-8-17-13-12-14(19-9-18-12)21-10-20-13/h1-2,5-6,9-10H,3-4,7-8H2,(H,15,16)(H2,17,18,19,20,21). The number of nitrogens with one attached hydrogen (secondary N) is 3. The minimum absolute atomic E-state index is 0.685. The van der Waals surface area contributed by atoms with E-state index in [9.17, 15) is 0 Å². The predicted molar refractivity (Wildman–Crippen MR) is 82.1 cm³/mol. The van der Waals surface area contributed by atoms with Gasteiger partial charge in [0.2, 0.25) is 0 Å². The maximum absolute atomic E-state index is 4.23. The molecule has 3 aromatic heterocycles. The summed E-state index contributed by atoms with van der Waals surface area (Å²) in [6, 6.07) is 5.85. The van der Waals surface area contributed by atoms with Crippen LogP contribution >= 0.6 is 0 Å². The number of fused-ring (bicyclic) bond motifs is 1. The molecule has 0 atom stereocenters. The van der Waals surface area contributed by atoms with E-state index in [-0.39, 0.29) is 0 Å². The number of rotatable bonds is 7. The van der Waals surface area contributed by atoms with Crippen LogP contribution in [0, 0.1) is 0 Å². The van der Waals surface area contributed by atoms with E-state index < -0.39 is 0 Å². The summed E-state index contributed by atoms with van der Waals surface area (Å²) < 4.78 is 0. The summed E-state index contributed by atoms with van der Waals surface area (Å²) in [4.78, 5) is 19.7. The maximum atomic E-state index is 4.23. The van der Waals surface area contributed by atoms with Crippen LogP contribution in [0.5, 0.6) is 0 Å². The van der Waals surface area contributed by atoms with Gasteiger partial charge in [0.1, 0.15) is 17.7 Å². The number of aromatic nitrogens is 5. The average molecular weight is 283 g/mol. The van der Waals surface area contributed by atoms with Crippen molar-refractivity contribution in [3.8, 4) is 0 Å². The second-order valence-corrected chi connectivity index (χ2v) is 4.60. The van der Waals surface area contributed by atoms with Crippen molar-refractivity contribution >= 4 is 22.8 Å². The van der Waals surface area contributed by atoms with Crippen molar-refractivity contribution in [3.63, 3.8) is 0 Å². The third-order valence-corrected chi connectivity index (χ3v) is 3.09. The van der Waals surface area contributed by atoms with E-state index in [0.29, 0.717) is 5.65 Å². The topological polar surface area (TPSA) is 91.4 Å². The summed E-state index contributed by atoms with van der Waals surface area (Å²) in [5, 5.41) is 6.59. The first kappa shape index (κ1) is 13.3. The summed E-state index contributed by atoms with van der Waals surface area (Å²) in [7, 11) is 0. The molecule has 0 aliphatic rings. The molecule has 0 saturated heterocycles. The molecule has 3 rings (SSSR count). The summed E-state index contributed by atoms with van der Waals surface area (Å²) in [6.07, 6.45) is 7.03. The van der Waals surface area contributed by atoms with Crippen molar-refractivity contribution < 1.29 is 0 Å². The van der Waals surface area contributed by atoms with Gasteiger partial charge in [0.05, 0.1) is 6.33 Å². The number of H-pyrrole nitrogens is 1. The van der Waals surface area contributed by atoms with E-state index in [0.717, 1.165) is 43.1 Å². The Morgan fingerprint density at radius 2 is 1.86 bits per heavy atom. The number of pyridine rings is 1. The molecule has 0 aliphatic carbocycles. The van der Waals surface area contributed by atoms with Crippen LogP contribution in [-0.2, 0) is 0 Å². The molecule has 0 aromatic carbocycles. The molecule has 0 fully saturated rings. The minimum Gasteiger partial charge on any atom is -0.370 e.